The van der Waals surface area contributed by atoms with E-state index in [1.165, 1.54) is 18.6 Å². The maximum atomic E-state index is 12.9. The van der Waals surface area contributed by atoms with Crippen LogP contribution in [0.5, 0.6) is 0 Å². The minimum Gasteiger partial charge on any atom is -0.387 e. The van der Waals surface area contributed by atoms with Crippen LogP contribution in [0.3, 0.4) is 0 Å². The van der Waals surface area contributed by atoms with Crippen molar-refractivity contribution in [1.82, 2.24) is 31.1 Å². The van der Waals surface area contributed by atoms with Crippen molar-refractivity contribution in [3.05, 3.63) is 47.6 Å². The third-order valence-electron chi connectivity index (χ3n) is 8.13. The van der Waals surface area contributed by atoms with E-state index < -0.39 is 104 Å². The molecule has 4 amide bonds. The van der Waals surface area contributed by atoms with Crippen LogP contribution in [-0.2, 0) is 41.1 Å². The molecule has 284 valence electrons. The van der Waals surface area contributed by atoms with Gasteiger partial charge in [0.15, 0.2) is 12.5 Å². The van der Waals surface area contributed by atoms with Crippen molar-refractivity contribution in [3.8, 4) is 0 Å². The largest absolute Gasteiger partial charge is 0.490 e. The molecule has 51 heavy (non-hydrogen) atoms. The number of ether oxygens (including phenoxy) is 3. The molecule has 0 aromatic carbocycles. The lowest BCUT2D eigenvalue weighted by Gasteiger charge is -2.34. The van der Waals surface area contributed by atoms with E-state index in [-0.39, 0.29) is 13.2 Å². The Balaban J connectivity index is 1.04. The number of carbonyl (C=O) groups is 2. The second-order valence-corrected chi connectivity index (χ2v) is 16.0. The molecule has 12 atom stereocenters. The average molecular weight is 790 g/mol. The Morgan fingerprint density at radius 1 is 0.745 bits per heavy atom. The summed E-state index contributed by atoms with van der Waals surface area (Å²) in [7, 11) is -17.0. The molecule has 25 nitrogen and oxygen atoms in total. The summed E-state index contributed by atoms with van der Waals surface area (Å²) in [5.74, 6) is 0. The van der Waals surface area contributed by atoms with E-state index in [4.69, 9.17) is 24.0 Å². The van der Waals surface area contributed by atoms with Crippen LogP contribution < -0.4 is 21.3 Å². The Morgan fingerprint density at radius 3 is 1.96 bits per heavy atom. The minimum absolute atomic E-state index is 0.127. The Bertz CT molecular complexity index is 1690. The second kappa shape index (κ2) is 14.2. The fourth-order valence-electron chi connectivity index (χ4n) is 5.77. The Labute approximate surface area is 286 Å². The van der Waals surface area contributed by atoms with Gasteiger partial charge in [-0.1, -0.05) is 0 Å². The zero-order valence-corrected chi connectivity index (χ0v) is 28.3. The maximum Gasteiger partial charge on any atom is 0.490 e. The molecule has 0 saturated carbocycles. The van der Waals surface area contributed by atoms with Gasteiger partial charge in [0.25, 0.3) is 0 Å². The molecule has 0 spiro atoms. The van der Waals surface area contributed by atoms with Crippen molar-refractivity contribution >= 4 is 35.5 Å². The smallest absolute Gasteiger partial charge is 0.387 e. The van der Waals surface area contributed by atoms with E-state index in [2.05, 4.69) is 34.4 Å². The molecule has 2 fully saturated rings. The van der Waals surface area contributed by atoms with Crippen molar-refractivity contribution in [2.45, 2.75) is 61.4 Å². The summed E-state index contributed by atoms with van der Waals surface area (Å²) in [6, 6.07) is -1.37. The lowest BCUT2D eigenvalue weighted by molar-refractivity contribution is -0.0748. The average Bonchev–Trinajstić information content (AvgIpc) is 3.77. The molecule has 6 rings (SSSR count). The van der Waals surface area contributed by atoms with Gasteiger partial charge in [-0.15, -0.1) is 0 Å². The molecular formula is C23H33N6O19P3. The number of phosphoric ester groups is 1. The number of carbonyl (C=O) groups excluding carboxylic acids is 2. The van der Waals surface area contributed by atoms with E-state index in [1.807, 2.05) is 0 Å². The number of phosphoric acid groups is 3. The first-order chi connectivity index (χ1) is 23.8. The SMILES string of the molecule is O=C1NC2NC=CC2=CN1C1OC(COCC2=CNC3NC(=O)N(C4OC(COP(=O)(O)OP(=O)(O)OP(=O)(O)O)C(O)C4O)C=C23)C(O)C1O. The summed E-state index contributed by atoms with van der Waals surface area (Å²) in [6.45, 7) is -1.45. The van der Waals surface area contributed by atoms with Crippen molar-refractivity contribution in [2.24, 2.45) is 0 Å². The summed E-state index contributed by atoms with van der Waals surface area (Å²) in [5, 5.41) is 53.5. The number of hydrogen-bond donors (Lipinski definition) is 12. The van der Waals surface area contributed by atoms with Crippen LogP contribution >= 0.6 is 23.5 Å². The monoisotopic (exact) mass is 790 g/mol. The normalized spacial score (nSPS) is 36.9. The molecule has 2 saturated heterocycles. The van der Waals surface area contributed by atoms with Gasteiger partial charge in [0.2, 0.25) is 0 Å². The number of hydrogen-bond acceptors (Lipinski definition) is 17. The summed E-state index contributed by atoms with van der Waals surface area (Å²) in [4.78, 5) is 63.8. The molecule has 6 aliphatic heterocycles. The first kappa shape index (κ1) is 38.0. The summed E-state index contributed by atoms with van der Waals surface area (Å²) in [5.41, 5.74) is 1.59. The lowest BCUT2D eigenvalue weighted by atomic mass is 10.1. The third-order valence-corrected chi connectivity index (χ3v) is 11.9. The van der Waals surface area contributed by atoms with Gasteiger partial charge >= 0.3 is 35.5 Å². The number of amides is 4. The second-order valence-electron chi connectivity index (χ2n) is 11.6. The fraction of sp³-hybridized carbons (Fsp3) is 0.565. The van der Waals surface area contributed by atoms with Gasteiger partial charge in [-0.3, -0.25) is 14.3 Å². The lowest BCUT2D eigenvalue weighted by Crippen LogP contribution is -2.56. The van der Waals surface area contributed by atoms with E-state index in [0.29, 0.717) is 16.7 Å². The van der Waals surface area contributed by atoms with E-state index in [9.17, 15) is 53.5 Å². The quantitative estimate of drug-likeness (QED) is 0.0799. The van der Waals surface area contributed by atoms with Gasteiger partial charge in [0, 0.05) is 35.3 Å². The minimum atomic E-state index is -5.82. The van der Waals surface area contributed by atoms with Crippen molar-refractivity contribution < 1.29 is 90.6 Å². The van der Waals surface area contributed by atoms with Crippen LogP contribution in [0.15, 0.2) is 47.6 Å². The molecule has 0 radical (unpaired) electrons. The first-order valence-electron chi connectivity index (χ1n) is 14.7. The number of nitrogens with one attached hydrogen (secondary N) is 4. The van der Waals surface area contributed by atoms with Gasteiger partial charge in [-0.25, -0.2) is 23.3 Å². The number of urea groups is 2. The number of aliphatic hydroxyl groups is 4. The third kappa shape index (κ3) is 8.25. The number of fused-ring (bicyclic) bond motifs is 2. The molecular weight excluding hydrogens is 757 g/mol. The zero-order valence-electron chi connectivity index (χ0n) is 25.6. The molecule has 12 unspecified atom stereocenters. The molecule has 28 heteroatoms. The standard InChI is InChI=1S/C23H33N6O19P3/c30-14-12(45-20(16(14)32)28-4-9-1-2-24-18(9)26-22(28)34)7-43-6-10-3-25-19-11(10)5-29(23(35)27-19)21-17(33)15(31)13(46-21)8-44-50(39,40)48-51(41,42)47-49(36,37)38/h1-5,12-21,24-25,30-33H,6-8H2,(H,26,34)(H,27,35)(H,39,40)(H,41,42)(H2,36,37,38). The number of nitrogens with zero attached hydrogens (tertiary/aromatic N) is 2. The van der Waals surface area contributed by atoms with Crippen molar-refractivity contribution in [3.63, 3.8) is 0 Å². The molecule has 0 aromatic rings. The van der Waals surface area contributed by atoms with Gasteiger partial charge in [0.1, 0.15) is 49.0 Å². The van der Waals surface area contributed by atoms with E-state index in [1.54, 1.807) is 12.3 Å². The highest BCUT2D eigenvalue weighted by molar-refractivity contribution is 7.66. The molecule has 0 aromatic heterocycles. The van der Waals surface area contributed by atoms with E-state index >= 15 is 0 Å². The summed E-state index contributed by atoms with van der Waals surface area (Å²) in [6.07, 6.45) is -5.60. The highest BCUT2D eigenvalue weighted by Gasteiger charge is 2.51. The highest BCUT2D eigenvalue weighted by atomic mass is 31.3. The highest BCUT2D eigenvalue weighted by Crippen LogP contribution is 2.66. The van der Waals surface area contributed by atoms with Crippen LogP contribution in [0.2, 0.25) is 0 Å². The van der Waals surface area contributed by atoms with Crippen LogP contribution in [0.1, 0.15) is 0 Å². The molecule has 12 N–H and O–H groups in total. The van der Waals surface area contributed by atoms with Gasteiger partial charge < -0.3 is 75.5 Å². The van der Waals surface area contributed by atoms with Gasteiger partial charge in [-0.2, -0.15) is 8.62 Å². The predicted octanol–water partition coefficient (Wildman–Crippen LogP) is -3.69. The van der Waals surface area contributed by atoms with Crippen LogP contribution in [0, 0.1) is 0 Å². The molecule has 6 aliphatic rings. The first-order valence-corrected chi connectivity index (χ1v) is 19.2. The predicted molar refractivity (Wildman–Crippen MR) is 160 cm³/mol. The Kier molecular flexibility index (Phi) is 10.6. The number of aliphatic hydroxyl groups excluding tert-OH is 4. The number of rotatable bonds is 13. The van der Waals surface area contributed by atoms with Crippen molar-refractivity contribution in [1.29, 1.82) is 0 Å². The van der Waals surface area contributed by atoms with E-state index in [0.717, 1.165) is 9.80 Å². The van der Waals surface area contributed by atoms with Crippen LogP contribution in [0.25, 0.3) is 0 Å². The topological polar surface area (TPSA) is 357 Å². The zero-order chi connectivity index (χ0) is 37.0. The summed E-state index contributed by atoms with van der Waals surface area (Å²) < 4.78 is 63.2. The van der Waals surface area contributed by atoms with Gasteiger partial charge in [-0.05, 0) is 12.3 Å². The fourth-order valence-corrected chi connectivity index (χ4v) is 8.80. The van der Waals surface area contributed by atoms with Gasteiger partial charge in [0.05, 0.1) is 19.8 Å². The maximum absolute atomic E-state index is 12.9. The Morgan fingerprint density at radius 2 is 1.33 bits per heavy atom. The molecule has 0 bridgehead atoms. The molecule has 6 heterocycles. The van der Waals surface area contributed by atoms with Crippen LogP contribution in [-0.4, -0.2) is 143 Å². The molecule has 0 aliphatic carbocycles. The van der Waals surface area contributed by atoms with Crippen LogP contribution in [0.4, 0.5) is 9.59 Å². The summed E-state index contributed by atoms with van der Waals surface area (Å²) >= 11 is 0. The Hall–Kier alpha value is -2.77. The van der Waals surface area contributed by atoms with Crippen molar-refractivity contribution in [2.75, 3.05) is 19.8 Å².